The maximum absolute atomic E-state index is 13.3. The van der Waals surface area contributed by atoms with E-state index >= 15 is 0 Å². The average molecular weight is 450 g/mol. The summed E-state index contributed by atoms with van der Waals surface area (Å²) in [4.78, 5) is 20.0. The molecule has 2 aliphatic heterocycles. The normalized spacial score (nSPS) is 19.3. The monoisotopic (exact) mass is 449 g/mol. The minimum Gasteiger partial charge on any atom is -0.493 e. The Morgan fingerprint density at radius 3 is 2.48 bits per heavy atom. The highest BCUT2D eigenvalue weighted by Gasteiger charge is 2.32. The van der Waals surface area contributed by atoms with E-state index in [-0.39, 0.29) is 11.9 Å². The molecule has 4 rings (SSSR count). The minimum atomic E-state index is 0.0546. The summed E-state index contributed by atoms with van der Waals surface area (Å²) < 4.78 is 10.8. The Kier molecular flexibility index (Phi) is 7.36. The molecular formula is C27H35N3O3. The van der Waals surface area contributed by atoms with E-state index in [2.05, 4.69) is 53.8 Å². The molecule has 2 aromatic carbocycles. The van der Waals surface area contributed by atoms with Gasteiger partial charge in [-0.2, -0.15) is 0 Å². The van der Waals surface area contributed by atoms with E-state index < -0.39 is 0 Å². The number of benzene rings is 2. The fourth-order valence-corrected chi connectivity index (χ4v) is 4.88. The van der Waals surface area contributed by atoms with Gasteiger partial charge in [-0.15, -0.1) is 0 Å². The van der Waals surface area contributed by atoms with Crippen LogP contribution in [-0.4, -0.2) is 81.1 Å². The Morgan fingerprint density at radius 1 is 1.03 bits per heavy atom. The zero-order valence-electron chi connectivity index (χ0n) is 20.0. The van der Waals surface area contributed by atoms with Crippen LogP contribution in [0, 0.1) is 0 Å². The molecule has 1 saturated heterocycles. The van der Waals surface area contributed by atoms with Crippen LogP contribution in [0.5, 0.6) is 11.5 Å². The molecule has 6 heteroatoms. The van der Waals surface area contributed by atoms with E-state index in [1.807, 2.05) is 17.0 Å². The van der Waals surface area contributed by atoms with E-state index in [0.29, 0.717) is 6.42 Å². The molecular weight excluding hydrogens is 414 g/mol. The number of carbonyl (C=O) groups is 1. The quantitative estimate of drug-likeness (QED) is 0.648. The number of ether oxygens (including phenoxy) is 2. The number of piperazine rings is 1. The lowest BCUT2D eigenvalue weighted by atomic mass is 9.87. The fourth-order valence-electron chi connectivity index (χ4n) is 4.88. The van der Waals surface area contributed by atoms with Crippen molar-refractivity contribution >= 4 is 11.5 Å². The smallest absolute Gasteiger partial charge is 0.224 e. The zero-order valence-corrected chi connectivity index (χ0v) is 20.0. The van der Waals surface area contributed by atoms with Gasteiger partial charge >= 0.3 is 0 Å². The van der Waals surface area contributed by atoms with Crippen molar-refractivity contribution in [2.24, 2.45) is 0 Å². The standard InChI is InChI=1S/C27H35N3O3/c1-20-19-30(12-11-21-9-10-25(32-3)26(17-21)33-4)24(23-8-6-5-7-22(20)23)18-27(31)29-15-13-28(2)14-16-29/h5-10,17,24H,1,11-16,18-19H2,2-4H3. The predicted octanol–water partition coefficient (Wildman–Crippen LogP) is 3.48. The van der Waals surface area contributed by atoms with Gasteiger partial charge in [-0.25, -0.2) is 0 Å². The number of hydrogen-bond acceptors (Lipinski definition) is 5. The van der Waals surface area contributed by atoms with Gasteiger partial charge in [-0.05, 0) is 47.9 Å². The Labute approximate surface area is 197 Å². The van der Waals surface area contributed by atoms with E-state index in [1.165, 1.54) is 16.7 Å². The van der Waals surface area contributed by atoms with Gasteiger partial charge in [0.2, 0.25) is 5.91 Å². The molecule has 2 aromatic rings. The van der Waals surface area contributed by atoms with Crippen molar-refractivity contribution in [2.45, 2.75) is 18.9 Å². The summed E-state index contributed by atoms with van der Waals surface area (Å²) in [7, 11) is 5.42. The first-order valence-corrected chi connectivity index (χ1v) is 11.7. The van der Waals surface area contributed by atoms with Crippen LogP contribution < -0.4 is 9.47 Å². The van der Waals surface area contributed by atoms with Gasteiger partial charge in [0.05, 0.1) is 14.2 Å². The SMILES string of the molecule is C=C1CN(CCc2ccc(OC)c(OC)c2)C(CC(=O)N2CCN(C)CC2)c2ccccc21. The third-order valence-electron chi connectivity index (χ3n) is 6.90. The van der Waals surface area contributed by atoms with Crippen molar-refractivity contribution in [3.63, 3.8) is 0 Å². The van der Waals surface area contributed by atoms with Crippen LogP contribution in [0.15, 0.2) is 49.0 Å². The largest absolute Gasteiger partial charge is 0.493 e. The highest BCUT2D eigenvalue weighted by atomic mass is 16.5. The van der Waals surface area contributed by atoms with Crippen molar-refractivity contribution < 1.29 is 14.3 Å². The van der Waals surface area contributed by atoms with Gasteiger partial charge in [0, 0.05) is 51.7 Å². The van der Waals surface area contributed by atoms with E-state index in [9.17, 15) is 4.79 Å². The molecule has 2 heterocycles. The van der Waals surface area contributed by atoms with E-state index in [0.717, 1.165) is 62.8 Å². The molecule has 2 aliphatic rings. The van der Waals surface area contributed by atoms with Crippen LogP contribution in [0.4, 0.5) is 0 Å². The third kappa shape index (κ3) is 5.23. The summed E-state index contributed by atoms with van der Waals surface area (Å²) in [6.45, 7) is 9.44. The lowest BCUT2D eigenvalue weighted by Crippen LogP contribution is -2.48. The molecule has 0 N–H and O–H groups in total. The van der Waals surface area contributed by atoms with Crippen molar-refractivity contribution in [3.05, 3.63) is 65.7 Å². The maximum atomic E-state index is 13.3. The molecule has 0 saturated carbocycles. The van der Waals surface area contributed by atoms with Crippen molar-refractivity contribution in [1.82, 2.24) is 14.7 Å². The lowest BCUT2D eigenvalue weighted by Gasteiger charge is -2.40. The zero-order chi connectivity index (χ0) is 23.4. The Morgan fingerprint density at radius 2 is 1.76 bits per heavy atom. The van der Waals surface area contributed by atoms with Crippen molar-refractivity contribution in [3.8, 4) is 11.5 Å². The number of amides is 1. The number of nitrogens with zero attached hydrogens (tertiary/aromatic N) is 3. The van der Waals surface area contributed by atoms with Crippen molar-refractivity contribution in [1.29, 1.82) is 0 Å². The van der Waals surface area contributed by atoms with Gasteiger partial charge in [0.25, 0.3) is 0 Å². The molecule has 0 spiro atoms. The highest BCUT2D eigenvalue weighted by molar-refractivity contribution is 5.79. The van der Waals surface area contributed by atoms with Crippen LogP contribution in [-0.2, 0) is 11.2 Å². The number of hydrogen-bond donors (Lipinski definition) is 0. The number of carbonyl (C=O) groups excluding carboxylic acids is 1. The topological polar surface area (TPSA) is 45.3 Å². The van der Waals surface area contributed by atoms with Gasteiger partial charge in [0.1, 0.15) is 0 Å². The number of fused-ring (bicyclic) bond motifs is 1. The number of rotatable bonds is 7. The molecule has 176 valence electrons. The second-order valence-corrected chi connectivity index (χ2v) is 9.00. The van der Waals surface area contributed by atoms with Gasteiger partial charge in [-0.3, -0.25) is 9.69 Å². The second-order valence-electron chi connectivity index (χ2n) is 9.00. The summed E-state index contributed by atoms with van der Waals surface area (Å²) in [6.07, 6.45) is 1.36. The summed E-state index contributed by atoms with van der Waals surface area (Å²) in [6, 6.07) is 14.5. The van der Waals surface area contributed by atoms with Crippen LogP contribution in [0.25, 0.3) is 5.57 Å². The predicted molar refractivity (Wildman–Crippen MR) is 132 cm³/mol. The molecule has 1 unspecified atom stereocenters. The first-order chi connectivity index (χ1) is 16.0. The summed E-state index contributed by atoms with van der Waals surface area (Å²) in [5.41, 5.74) is 4.70. The van der Waals surface area contributed by atoms with Crippen LogP contribution in [0.3, 0.4) is 0 Å². The summed E-state index contributed by atoms with van der Waals surface area (Å²) in [5, 5.41) is 0. The van der Waals surface area contributed by atoms with Gasteiger partial charge < -0.3 is 19.3 Å². The molecule has 33 heavy (non-hydrogen) atoms. The maximum Gasteiger partial charge on any atom is 0.224 e. The lowest BCUT2D eigenvalue weighted by molar-refractivity contribution is -0.134. The second kappa shape index (κ2) is 10.4. The highest BCUT2D eigenvalue weighted by Crippen LogP contribution is 2.37. The number of likely N-dealkylation sites (N-methyl/N-ethyl adjacent to an activating group) is 1. The van der Waals surface area contributed by atoms with Crippen molar-refractivity contribution in [2.75, 3.05) is 60.5 Å². The summed E-state index contributed by atoms with van der Waals surface area (Å²) in [5.74, 6) is 1.72. The molecule has 0 bridgehead atoms. The molecule has 1 fully saturated rings. The minimum absolute atomic E-state index is 0.0546. The first kappa shape index (κ1) is 23.3. The molecule has 6 nitrogen and oxygen atoms in total. The van der Waals surface area contributed by atoms with Crippen LogP contribution >= 0.6 is 0 Å². The van der Waals surface area contributed by atoms with Gasteiger partial charge in [-0.1, -0.05) is 36.9 Å². The molecule has 0 radical (unpaired) electrons. The molecule has 1 amide bonds. The number of methoxy groups -OCH3 is 2. The van der Waals surface area contributed by atoms with Crippen LogP contribution in [0.1, 0.15) is 29.2 Å². The fraction of sp³-hybridized carbons (Fsp3) is 0.444. The Balaban J connectivity index is 1.52. The third-order valence-corrected chi connectivity index (χ3v) is 6.90. The Hall–Kier alpha value is -2.83. The molecule has 0 aliphatic carbocycles. The van der Waals surface area contributed by atoms with Gasteiger partial charge in [0.15, 0.2) is 11.5 Å². The molecule has 1 atom stereocenters. The van der Waals surface area contributed by atoms with E-state index in [4.69, 9.17) is 9.47 Å². The average Bonchev–Trinajstić information content (AvgIpc) is 2.84. The van der Waals surface area contributed by atoms with Crippen LogP contribution in [0.2, 0.25) is 0 Å². The Bertz CT molecular complexity index is 998. The van der Waals surface area contributed by atoms with E-state index in [1.54, 1.807) is 14.2 Å². The first-order valence-electron chi connectivity index (χ1n) is 11.7. The summed E-state index contributed by atoms with van der Waals surface area (Å²) >= 11 is 0. The molecule has 0 aromatic heterocycles.